The van der Waals surface area contributed by atoms with Crippen LogP contribution in [0.15, 0.2) is 10.9 Å². The van der Waals surface area contributed by atoms with Crippen LogP contribution in [0.5, 0.6) is 0 Å². The Hall–Kier alpha value is -0.100. The summed E-state index contributed by atoms with van der Waals surface area (Å²) in [6.07, 6.45) is 1.79. The summed E-state index contributed by atoms with van der Waals surface area (Å²) in [5.74, 6) is 2.15. The molecule has 90 valence electrons. The van der Waals surface area contributed by atoms with E-state index in [0.717, 1.165) is 30.0 Å². The second-order valence-corrected chi connectivity index (χ2v) is 6.30. The van der Waals surface area contributed by atoms with Crippen LogP contribution in [0.25, 0.3) is 0 Å². The van der Waals surface area contributed by atoms with Crippen molar-refractivity contribution in [2.24, 2.45) is 0 Å². The Labute approximate surface area is 105 Å². The maximum absolute atomic E-state index is 10.3. The number of aliphatic hydroxyl groups is 1. The molecule has 1 aromatic heterocycles. The molecular formula is C11H18N2OS2. The standard InChI is InChI=1S/C11H18N2OS2/c1-9(10-6-16-8-13-10)12-7-11(14)2-4-15-5-3-11/h6,8-9,12,14H,2-5,7H2,1H3. The average Bonchev–Trinajstić information content (AvgIpc) is 2.80. The predicted octanol–water partition coefficient (Wildman–Crippen LogP) is 2.05. The van der Waals surface area contributed by atoms with E-state index in [1.165, 1.54) is 0 Å². The molecular weight excluding hydrogens is 240 g/mol. The topological polar surface area (TPSA) is 45.1 Å². The van der Waals surface area contributed by atoms with E-state index in [4.69, 9.17) is 0 Å². The van der Waals surface area contributed by atoms with Gasteiger partial charge in [0, 0.05) is 18.0 Å². The summed E-state index contributed by atoms with van der Waals surface area (Å²) in [4.78, 5) is 4.27. The number of thioether (sulfide) groups is 1. The highest BCUT2D eigenvalue weighted by Crippen LogP contribution is 2.26. The third-order valence-corrected chi connectivity index (χ3v) is 4.65. The number of nitrogens with zero attached hydrogens (tertiary/aromatic N) is 1. The fourth-order valence-corrected chi connectivity index (χ4v) is 3.71. The number of rotatable bonds is 4. The number of hydrogen-bond acceptors (Lipinski definition) is 5. The van der Waals surface area contributed by atoms with Crippen LogP contribution in [0.1, 0.15) is 31.5 Å². The molecule has 16 heavy (non-hydrogen) atoms. The zero-order chi connectivity index (χ0) is 11.4. The van der Waals surface area contributed by atoms with Crippen molar-refractivity contribution in [3.05, 3.63) is 16.6 Å². The third kappa shape index (κ3) is 3.20. The second kappa shape index (κ2) is 5.49. The Morgan fingerprint density at radius 3 is 2.94 bits per heavy atom. The van der Waals surface area contributed by atoms with Gasteiger partial charge >= 0.3 is 0 Å². The molecule has 3 nitrogen and oxygen atoms in total. The molecule has 1 fully saturated rings. The van der Waals surface area contributed by atoms with E-state index >= 15 is 0 Å². The van der Waals surface area contributed by atoms with E-state index in [2.05, 4.69) is 22.6 Å². The lowest BCUT2D eigenvalue weighted by molar-refractivity contribution is 0.0299. The lowest BCUT2D eigenvalue weighted by Crippen LogP contribution is -2.44. The fourth-order valence-electron chi connectivity index (χ4n) is 1.81. The molecule has 1 atom stereocenters. The van der Waals surface area contributed by atoms with Gasteiger partial charge in [0.25, 0.3) is 0 Å². The number of nitrogens with one attached hydrogen (secondary N) is 1. The van der Waals surface area contributed by atoms with E-state index in [9.17, 15) is 5.11 Å². The van der Waals surface area contributed by atoms with Gasteiger partial charge in [-0.05, 0) is 31.3 Å². The Kier molecular flexibility index (Phi) is 4.24. The zero-order valence-corrected chi connectivity index (χ0v) is 11.1. The monoisotopic (exact) mass is 258 g/mol. The van der Waals surface area contributed by atoms with Crippen molar-refractivity contribution in [1.29, 1.82) is 0 Å². The lowest BCUT2D eigenvalue weighted by atomic mass is 9.96. The summed E-state index contributed by atoms with van der Waals surface area (Å²) in [5, 5.41) is 15.8. The van der Waals surface area contributed by atoms with Gasteiger partial charge in [-0.3, -0.25) is 0 Å². The van der Waals surface area contributed by atoms with Crippen LogP contribution >= 0.6 is 23.1 Å². The molecule has 2 N–H and O–H groups in total. The van der Waals surface area contributed by atoms with Crippen molar-refractivity contribution in [3.8, 4) is 0 Å². The van der Waals surface area contributed by atoms with Crippen molar-refractivity contribution in [2.45, 2.75) is 31.4 Å². The normalized spacial score (nSPS) is 21.9. The van der Waals surface area contributed by atoms with Crippen molar-refractivity contribution in [2.75, 3.05) is 18.1 Å². The van der Waals surface area contributed by atoms with Crippen LogP contribution in [0.2, 0.25) is 0 Å². The first-order chi connectivity index (χ1) is 7.70. The molecule has 0 amide bonds. The maximum atomic E-state index is 10.3. The number of thiazole rings is 1. The van der Waals surface area contributed by atoms with E-state index in [1.54, 1.807) is 11.3 Å². The molecule has 2 heterocycles. The summed E-state index contributed by atoms with van der Waals surface area (Å²) in [6, 6.07) is 0.227. The van der Waals surface area contributed by atoms with E-state index in [-0.39, 0.29) is 6.04 Å². The molecule has 5 heteroatoms. The van der Waals surface area contributed by atoms with Gasteiger partial charge in [0.15, 0.2) is 0 Å². The van der Waals surface area contributed by atoms with Crippen LogP contribution in [0.3, 0.4) is 0 Å². The van der Waals surface area contributed by atoms with Crippen LogP contribution in [-0.2, 0) is 0 Å². The third-order valence-electron chi connectivity index (χ3n) is 3.06. The summed E-state index contributed by atoms with van der Waals surface area (Å²) in [7, 11) is 0. The summed E-state index contributed by atoms with van der Waals surface area (Å²) in [5.41, 5.74) is 2.41. The minimum atomic E-state index is -0.504. The summed E-state index contributed by atoms with van der Waals surface area (Å²) < 4.78 is 0. The van der Waals surface area contributed by atoms with E-state index < -0.39 is 5.60 Å². The largest absolute Gasteiger partial charge is 0.389 e. The molecule has 0 saturated carbocycles. The van der Waals surface area contributed by atoms with Gasteiger partial charge < -0.3 is 10.4 Å². The minimum Gasteiger partial charge on any atom is -0.389 e. The van der Waals surface area contributed by atoms with Gasteiger partial charge in [0.05, 0.1) is 16.8 Å². The predicted molar refractivity (Wildman–Crippen MR) is 70.0 cm³/mol. The summed E-state index contributed by atoms with van der Waals surface area (Å²) >= 11 is 3.54. The molecule has 0 bridgehead atoms. The van der Waals surface area contributed by atoms with Crippen molar-refractivity contribution < 1.29 is 5.11 Å². The van der Waals surface area contributed by atoms with Crippen LogP contribution in [-0.4, -0.2) is 33.7 Å². The highest BCUT2D eigenvalue weighted by atomic mass is 32.2. The molecule has 1 aliphatic heterocycles. The van der Waals surface area contributed by atoms with Gasteiger partial charge in [0.1, 0.15) is 0 Å². The molecule has 0 aromatic carbocycles. The molecule has 0 radical (unpaired) electrons. The molecule has 2 rings (SSSR count). The molecule has 0 spiro atoms. The van der Waals surface area contributed by atoms with Gasteiger partial charge in [-0.25, -0.2) is 4.98 Å². The molecule has 0 aliphatic carbocycles. The first-order valence-electron chi connectivity index (χ1n) is 5.61. The van der Waals surface area contributed by atoms with Crippen molar-refractivity contribution >= 4 is 23.1 Å². The van der Waals surface area contributed by atoms with Crippen LogP contribution in [0.4, 0.5) is 0 Å². The Bertz CT molecular complexity index is 310. The molecule has 1 unspecified atom stereocenters. The van der Waals surface area contributed by atoms with E-state index in [0.29, 0.717) is 6.54 Å². The van der Waals surface area contributed by atoms with Gasteiger partial charge in [-0.2, -0.15) is 11.8 Å². The fraction of sp³-hybridized carbons (Fsp3) is 0.727. The Morgan fingerprint density at radius 2 is 2.31 bits per heavy atom. The Balaban J connectivity index is 1.82. The smallest absolute Gasteiger partial charge is 0.0795 e. The van der Waals surface area contributed by atoms with Gasteiger partial charge in [-0.1, -0.05) is 0 Å². The van der Waals surface area contributed by atoms with Crippen molar-refractivity contribution in [3.63, 3.8) is 0 Å². The molecule has 1 aromatic rings. The van der Waals surface area contributed by atoms with Crippen LogP contribution < -0.4 is 5.32 Å². The number of hydrogen-bond donors (Lipinski definition) is 2. The van der Waals surface area contributed by atoms with E-state index in [1.807, 2.05) is 17.3 Å². The highest BCUT2D eigenvalue weighted by Gasteiger charge is 2.29. The lowest BCUT2D eigenvalue weighted by Gasteiger charge is -2.32. The SMILES string of the molecule is CC(NCC1(O)CCSCC1)c1cscn1. The van der Waals surface area contributed by atoms with Crippen molar-refractivity contribution in [1.82, 2.24) is 10.3 Å². The first-order valence-corrected chi connectivity index (χ1v) is 7.71. The highest BCUT2D eigenvalue weighted by molar-refractivity contribution is 7.99. The second-order valence-electron chi connectivity index (χ2n) is 4.35. The van der Waals surface area contributed by atoms with Gasteiger partial charge in [-0.15, -0.1) is 11.3 Å². The van der Waals surface area contributed by atoms with Gasteiger partial charge in [0.2, 0.25) is 0 Å². The first kappa shape index (κ1) is 12.4. The molecule has 1 saturated heterocycles. The quantitative estimate of drug-likeness (QED) is 0.867. The average molecular weight is 258 g/mol. The number of aromatic nitrogens is 1. The molecule has 1 aliphatic rings. The summed E-state index contributed by atoms with van der Waals surface area (Å²) in [6.45, 7) is 2.77. The Morgan fingerprint density at radius 1 is 1.56 bits per heavy atom. The van der Waals surface area contributed by atoms with Crippen LogP contribution in [0, 0.1) is 0 Å². The zero-order valence-electron chi connectivity index (χ0n) is 9.48. The maximum Gasteiger partial charge on any atom is 0.0795 e. The minimum absolute atomic E-state index is 0.227.